The second kappa shape index (κ2) is 3.48. The molecule has 0 aliphatic heterocycles. The van der Waals surface area contributed by atoms with Crippen LogP contribution in [0.5, 0.6) is 0 Å². The highest BCUT2D eigenvalue weighted by molar-refractivity contribution is 5.74. The summed E-state index contributed by atoms with van der Waals surface area (Å²) in [5.74, 6) is 0.371. The zero-order valence-corrected chi connectivity index (χ0v) is 9.69. The lowest BCUT2D eigenvalue weighted by Crippen LogP contribution is -2.31. The predicted molar refractivity (Wildman–Crippen MR) is 56.2 cm³/mol. The molecule has 15 heavy (non-hydrogen) atoms. The summed E-state index contributed by atoms with van der Waals surface area (Å²) in [6.07, 6.45) is 2.57. The van der Waals surface area contributed by atoms with Gasteiger partial charge in [0.2, 0.25) is 0 Å². The molecule has 3 heteroatoms. The van der Waals surface area contributed by atoms with E-state index in [9.17, 15) is 9.90 Å². The number of carbonyl (C=O) groups is 1. The summed E-state index contributed by atoms with van der Waals surface area (Å²) >= 11 is 0. The van der Waals surface area contributed by atoms with Gasteiger partial charge in [0.25, 0.3) is 0 Å². The number of aliphatic hydroxyl groups is 1. The minimum Gasteiger partial charge on any atom is -0.460 e. The molecule has 4 atom stereocenters. The van der Waals surface area contributed by atoms with Crippen LogP contribution in [0.1, 0.15) is 40.0 Å². The van der Waals surface area contributed by atoms with Crippen LogP contribution in [0.4, 0.5) is 0 Å². The lowest BCUT2D eigenvalue weighted by Gasteiger charge is -2.24. The number of rotatable bonds is 1. The number of fused-ring (bicyclic) bond motifs is 2. The summed E-state index contributed by atoms with van der Waals surface area (Å²) in [6.45, 7) is 5.66. The molecule has 0 radical (unpaired) electrons. The molecule has 2 aliphatic rings. The molecule has 0 amide bonds. The molecule has 0 saturated heterocycles. The molecule has 1 unspecified atom stereocenters. The molecule has 0 aromatic carbocycles. The topological polar surface area (TPSA) is 46.5 Å². The van der Waals surface area contributed by atoms with Crippen molar-refractivity contribution in [2.45, 2.75) is 51.7 Å². The zero-order chi connectivity index (χ0) is 11.2. The Labute approximate surface area is 90.8 Å². The molecule has 2 saturated carbocycles. The van der Waals surface area contributed by atoms with Crippen molar-refractivity contribution < 1.29 is 14.6 Å². The van der Waals surface area contributed by atoms with Crippen molar-refractivity contribution in [3.8, 4) is 0 Å². The van der Waals surface area contributed by atoms with Gasteiger partial charge in [0.15, 0.2) is 0 Å². The number of carbonyl (C=O) groups excluding carboxylic acids is 1. The van der Waals surface area contributed by atoms with Crippen LogP contribution in [0.25, 0.3) is 0 Å². The first kappa shape index (κ1) is 10.9. The molecular formula is C12H20O3. The van der Waals surface area contributed by atoms with E-state index in [2.05, 4.69) is 0 Å². The number of ether oxygens (including phenoxy) is 1. The lowest BCUT2D eigenvalue weighted by atomic mass is 9.97. The van der Waals surface area contributed by atoms with Crippen LogP contribution in [-0.2, 0) is 9.53 Å². The van der Waals surface area contributed by atoms with Gasteiger partial charge in [-0.3, -0.25) is 4.79 Å². The lowest BCUT2D eigenvalue weighted by molar-refractivity contribution is -0.162. The summed E-state index contributed by atoms with van der Waals surface area (Å²) in [4.78, 5) is 11.9. The maximum Gasteiger partial charge on any atom is 0.310 e. The number of aliphatic hydroxyl groups excluding tert-OH is 1. The summed E-state index contributed by atoms with van der Waals surface area (Å²) in [5, 5.41) is 9.73. The van der Waals surface area contributed by atoms with Crippen LogP contribution >= 0.6 is 0 Å². The number of hydrogen-bond acceptors (Lipinski definition) is 3. The van der Waals surface area contributed by atoms with Gasteiger partial charge in [0.05, 0.1) is 12.0 Å². The van der Waals surface area contributed by atoms with Gasteiger partial charge in [-0.1, -0.05) is 0 Å². The molecule has 2 aliphatic carbocycles. The van der Waals surface area contributed by atoms with Gasteiger partial charge in [0, 0.05) is 0 Å². The SMILES string of the molecule is CC(C)(C)OC(=O)C1[C@@H]2CC[C@H]1[C@@H](O)C2. The summed E-state index contributed by atoms with van der Waals surface area (Å²) < 4.78 is 5.40. The van der Waals surface area contributed by atoms with Gasteiger partial charge < -0.3 is 9.84 Å². The third-order valence-corrected chi connectivity index (χ3v) is 3.56. The summed E-state index contributed by atoms with van der Waals surface area (Å²) in [5.41, 5.74) is -0.413. The van der Waals surface area contributed by atoms with E-state index >= 15 is 0 Å². The Kier molecular flexibility index (Phi) is 2.53. The highest BCUT2D eigenvalue weighted by atomic mass is 16.6. The average Bonchev–Trinajstić information content (AvgIpc) is 2.55. The summed E-state index contributed by atoms with van der Waals surface area (Å²) in [6, 6.07) is 0. The Balaban J connectivity index is 2.03. The number of esters is 1. The van der Waals surface area contributed by atoms with Crippen LogP contribution < -0.4 is 0 Å². The van der Waals surface area contributed by atoms with Gasteiger partial charge in [-0.25, -0.2) is 0 Å². The Hall–Kier alpha value is -0.570. The van der Waals surface area contributed by atoms with Crippen molar-refractivity contribution in [3.63, 3.8) is 0 Å². The number of hydrogen-bond donors (Lipinski definition) is 1. The molecule has 0 spiro atoms. The van der Waals surface area contributed by atoms with Crippen LogP contribution in [-0.4, -0.2) is 22.8 Å². The van der Waals surface area contributed by atoms with E-state index in [4.69, 9.17) is 4.74 Å². The van der Waals surface area contributed by atoms with Crippen molar-refractivity contribution >= 4 is 5.97 Å². The van der Waals surface area contributed by atoms with E-state index in [1.54, 1.807) is 0 Å². The van der Waals surface area contributed by atoms with E-state index in [0.29, 0.717) is 5.92 Å². The minimum absolute atomic E-state index is 0.0424. The van der Waals surface area contributed by atoms with Gasteiger partial charge in [-0.2, -0.15) is 0 Å². The molecule has 0 aromatic rings. The Morgan fingerprint density at radius 1 is 1.33 bits per heavy atom. The molecular weight excluding hydrogens is 192 g/mol. The second-order valence-electron chi connectivity index (χ2n) is 5.86. The Bertz CT molecular complexity index is 267. The highest BCUT2D eigenvalue weighted by Crippen LogP contribution is 2.50. The first-order chi connectivity index (χ1) is 6.88. The minimum atomic E-state index is -0.413. The second-order valence-corrected chi connectivity index (χ2v) is 5.86. The van der Waals surface area contributed by atoms with Crippen molar-refractivity contribution in [1.29, 1.82) is 0 Å². The normalized spacial score (nSPS) is 39.5. The molecule has 2 rings (SSSR count). The van der Waals surface area contributed by atoms with Gasteiger partial charge in [0.1, 0.15) is 5.60 Å². The van der Waals surface area contributed by atoms with E-state index < -0.39 is 5.60 Å². The van der Waals surface area contributed by atoms with E-state index in [1.807, 2.05) is 20.8 Å². The van der Waals surface area contributed by atoms with Crippen molar-refractivity contribution in [3.05, 3.63) is 0 Å². The standard InChI is InChI=1S/C12H20O3/c1-12(2,3)15-11(14)10-7-4-5-8(10)9(13)6-7/h7-10,13H,4-6H2,1-3H3/t7-,8+,9+,10?/m1/s1. The molecule has 2 bridgehead atoms. The smallest absolute Gasteiger partial charge is 0.310 e. The Morgan fingerprint density at radius 2 is 2.00 bits per heavy atom. The third-order valence-electron chi connectivity index (χ3n) is 3.56. The molecule has 0 aromatic heterocycles. The summed E-state index contributed by atoms with van der Waals surface area (Å²) in [7, 11) is 0. The van der Waals surface area contributed by atoms with E-state index in [1.165, 1.54) is 0 Å². The van der Waals surface area contributed by atoms with E-state index in [-0.39, 0.29) is 23.9 Å². The molecule has 0 heterocycles. The predicted octanol–water partition coefficient (Wildman–Crippen LogP) is 1.74. The maximum atomic E-state index is 11.9. The first-order valence-electron chi connectivity index (χ1n) is 5.79. The van der Waals surface area contributed by atoms with Crippen LogP contribution in [0.3, 0.4) is 0 Å². The van der Waals surface area contributed by atoms with Gasteiger partial charge >= 0.3 is 5.97 Å². The van der Waals surface area contributed by atoms with Gasteiger partial charge in [-0.05, 0) is 51.9 Å². The fraction of sp³-hybridized carbons (Fsp3) is 0.917. The van der Waals surface area contributed by atoms with Gasteiger partial charge in [-0.15, -0.1) is 0 Å². The van der Waals surface area contributed by atoms with Crippen LogP contribution in [0.15, 0.2) is 0 Å². The molecule has 3 nitrogen and oxygen atoms in total. The monoisotopic (exact) mass is 212 g/mol. The van der Waals surface area contributed by atoms with Crippen molar-refractivity contribution in [2.75, 3.05) is 0 Å². The van der Waals surface area contributed by atoms with E-state index in [0.717, 1.165) is 19.3 Å². The first-order valence-corrected chi connectivity index (χ1v) is 5.79. The quantitative estimate of drug-likeness (QED) is 0.673. The fourth-order valence-corrected chi connectivity index (χ4v) is 3.03. The Morgan fingerprint density at radius 3 is 2.40 bits per heavy atom. The van der Waals surface area contributed by atoms with Crippen molar-refractivity contribution in [1.82, 2.24) is 0 Å². The van der Waals surface area contributed by atoms with Crippen LogP contribution in [0, 0.1) is 17.8 Å². The molecule has 86 valence electrons. The third kappa shape index (κ3) is 2.03. The molecule has 2 fully saturated rings. The largest absolute Gasteiger partial charge is 0.460 e. The fourth-order valence-electron chi connectivity index (χ4n) is 3.03. The molecule has 1 N–H and O–H groups in total. The highest BCUT2D eigenvalue weighted by Gasteiger charge is 2.52. The van der Waals surface area contributed by atoms with Crippen LogP contribution in [0.2, 0.25) is 0 Å². The average molecular weight is 212 g/mol. The van der Waals surface area contributed by atoms with Crippen molar-refractivity contribution in [2.24, 2.45) is 17.8 Å². The zero-order valence-electron chi connectivity index (χ0n) is 9.69. The maximum absolute atomic E-state index is 11.9.